The van der Waals surface area contributed by atoms with Crippen molar-refractivity contribution in [2.45, 2.75) is 24.2 Å². The molecule has 0 atom stereocenters. The van der Waals surface area contributed by atoms with E-state index in [0.29, 0.717) is 13.1 Å². The van der Waals surface area contributed by atoms with Gasteiger partial charge in [-0.3, -0.25) is 10.1 Å². The standard InChI is InChI=1S/C20H20F2N4O3S2/c1-25-11-13(31(28,29)26-8-3-2-4-9-26)10-17(25)19(27)24-20-23-16(12-30-20)18-14(21)6-5-7-15(18)22/h5-7,10-12H,2-4,8-9H2,1H3,(H,23,24,27). The van der Waals surface area contributed by atoms with E-state index >= 15 is 0 Å². The maximum Gasteiger partial charge on any atom is 0.274 e. The smallest absolute Gasteiger partial charge is 0.274 e. The van der Waals surface area contributed by atoms with E-state index in [1.54, 1.807) is 7.05 Å². The van der Waals surface area contributed by atoms with Crippen LogP contribution in [0.1, 0.15) is 29.8 Å². The Hall–Kier alpha value is -2.63. The highest BCUT2D eigenvalue weighted by Gasteiger charge is 2.28. The van der Waals surface area contributed by atoms with Crippen LogP contribution in [0.2, 0.25) is 0 Å². The average molecular weight is 467 g/mol. The molecule has 0 unspecified atom stereocenters. The molecule has 0 radical (unpaired) electrons. The number of thiazole rings is 1. The number of piperidine rings is 1. The fourth-order valence-corrected chi connectivity index (χ4v) is 5.79. The minimum absolute atomic E-state index is 0.0512. The molecule has 164 valence electrons. The number of halogens is 2. The van der Waals surface area contributed by atoms with Crippen LogP contribution in [-0.4, -0.2) is 41.3 Å². The van der Waals surface area contributed by atoms with Crippen molar-refractivity contribution in [3.8, 4) is 11.3 Å². The van der Waals surface area contributed by atoms with Crippen LogP contribution in [0, 0.1) is 11.6 Å². The molecule has 3 aromatic rings. The van der Waals surface area contributed by atoms with Crippen molar-refractivity contribution in [2.75, 3.05) is 18.4 Å². The summed E-state index contributed by atoms with van der Waals surface area (Å²) in [6.07, 6.45) is 4.03. The van der Waals surface area contributed by atoms with Gasteiger partial charge in [-0.1, -0.05) is 12.5 Å². The number of carbonyl (C=O) groups excluding carboxylic acids is 1. The monoisotopic (exact) mass is 466 g/mol. The summed E-state index contributed by atoms with van der Waals surface area (Å²) in [5.74, 6) is -2.08. The quantitative estimate of drug-likeness (QED) is 0.619. The molecule has 0 bridgehead atoms. The largest absolute Gasteiger partial charge is 0.345 e. The van der Waals surface area contributed by atoms with Crippen LogP contribution in [0.15, 0.2) is 40.7 Å². The summed E-state index contributed by atoms with van der Waals surface area (Å²) in [6.45, 7) is 0.931. The summed E-state index contributed by atoms with van der Waals surface area (Å²) < 4.78 is 56.5. The van der Waals surface area contributed by atoms with Crippen molar-refractivity contribution in [1.82, 2.24) is 13.9 Å². The normalized spacial score (nSPS) is 15.2. The van der Waals surface area contributed by atoms with Gasteiger partial charge in [-0.15, -0.1) is 11.3 Å². The second kappa shape index (κ2) is 8.48. The summed E-state index contributed by atoms with van der Waals surface area (Å²) >= 11 is 1.01. The van der Waals surface area contributed by atoms with Crippen molar-refractivity contribution in [1.29, 1.82) is 0 Å². The van der Waals surface area contributed by atoms with Gasteiger partial charge in [0.1, 0.15) is 22.2 Å². The number of aromatic nitrogens is 2. The molecular weight excluding hydrogens is 446 g/mol. The van der Waals surface area contributed by atoms with E-state index in [-0.39, 0.29) is 27.0 Å². The van der Waals surface area contributed by atoms with Crippen LogP contribution in [0.25, 0.3) is 11.3 Å². The van der Waals surface area contributed by atoms with Crippen LogP contribution in [0.4, 0.5) is 13.9 Å². The van der Waals surface area contributed by atoms with Gasteiger partial charge in [0.25, 0.3) is 5.91 Å². The zero-order chi connectivity index (χ0) is 22.2. The zero-order valence-corrected chi connectivity index (χ0v) is 18.3. The Balaban J connectivity index is 1.54. The Kier molecular flexibility index (Phi) is 5.91. The lowest BCUT2D eigenvalue weighted by Crippen LogP contribution is -2.35. The lowest BCUT2D eigenvalue weighted by Gasteiger charge is -2.25. The van der Waals surface area contributed by atoms with Crippen molar-refractivity contribution < 1.29 is 22.0 Å². The van der Waals surface area contributed by atoms with Crippen LogP contribution < -0.4 is 5.32 Å². The Morgan fingerprint density at radius 1 is 1.16 bits per heavy atom. The van der Waals surface area contributed by atoms with E-state index in [9.17, 15) is 22.0 Å². The molecule has 0 spiro atoms. The first kappa shape index (κ1) is 21.6. The van der Waals surface area contributed by atoms with Gasteiger partial charge in [-0.2, -0.15) is 4.31 Å². The van der Waals surface area contributed by atoms with Crippen molar-refractivity contribution >= 4 is 32.4 Å². The molecule has 1 fully saturated rings. The molecule has 2 aromatic heterocycles. The molecule has 0 aliphatic carbocycles. The number of carbonyl (C=O) groups is 1. The zero-order valence-electron chi connectivity index (χ0n) is 16.6. The highest BCUT2D eigenvalue weighted by atomic mass is 32.2. The number of hydrogen-bond acceptors (Lipinski definition) is 5. The molecule has 3 heterocycles. The highest BCUT2D eigenvalue weighted by molar-refractivity contribution is 7.89. The molecule has 1 N–H and O–H groups in total. The molecule has 11 heteroatoms. The van der Waals surface area contributed by atoms with E-state index in [0.717, 1.165) is 42.7 Å². The van der Waals surface area contributed by atoms with Gasteiger partial charge < -0.3 is 4.57 Å². The van der Waals surface area contributed by atoms with Crippen LogP contribution in [0.3, 0.4) is 0 Å². The Bertz CT molecular complexity index is 1210. The summed E-state index contributed by atoms with van der Waals surface area (Å²) in [6, 6.07) is 4.84. The minimum Gasteiger partial charge on any atom is -0.345 e. The van der Waals surface area contributed by atoms with E-state index in [4.69, 9.17) is 0 Å². The van der Waals surface area contributed by atoms with Crippen LogP contribution >= 0.6 is 11.3 Å². The number of nitrogens with one attached hydrogen (secondary N) is 1. The Labute approximate surface area is 182 Å². The lowest BCUT2D eigenvalue weighted by molar-refractivity contribution is 0.101. The van der Waals surface area contributed by atoms with Gasteiger partial charge in [0, 0.05) is 31.7 Å². The Morgan fingerprint density at radius 3 is 2.52 bits per heavy atom. The first-order chi connectivity index (χ1) is 14.8. The first-order valence-corrected chi connectivity index (χ1v) is 12.0. The molecule has 1 aromatic carbocycles. The third-order valence-electron chi connectivity index (χ3n) is 5.11. The van der Waals surface area contributed by atoms with Crippen molar-refractivity contribution in [3.63, 3.8) is 0 Å². The first-order valence-electron chi connectivity index (χ1n) is 9.65. The van der Waals surface area contributed by atoms with Gasteiger partial charge in [0.2, 0.25) is 10.0 Å². The average Bonchev–Trinajstić information content (AvgIpc) is 3.35. The molecule has 1 amide bonds. The molecular formula is C20H20F2N4O3S2. The number of rotatable bonds is 5. The SMILES string of the molecule is Cn1cc(S(=O)(=O)N2CCCCC2)cc1C(=O)Nc1nc(-c2c(F)cccc2F)cs1. The molecule has 0 saturated carbocycles. The van der Waals surface area contributed by atoms with Gasteiger partial charge in [0.15, 0.2) is 5.13 Å². The summed E-state index contributed by atoms with van der Waals surface area (Å²) in [5.41, 5.74) is -0.0754. The number of nitrogens with zero attached hydrogens (tertiary/aromatic N) is 3. The van der Waals surface area contributed by atoms with E-state index in [2.05, 4.69) is 10.3 Å². The number of anilines is 1. The molecule has 7 nitrogen and oxygen atoms in total. The van der Waals surface area contributed by atoms with Crippen LogP contribution in [0.5, 0.6) is 0 Å². The predicted octanol–water partition coefficient (Wildman–Crippen LogP) is 3.85. The van der Waals surface area contributed by atoms with E-state index in [1.807, 2.05) is 0 Å². The second-order valence-electron chi connectivity index (χ2n) is 7.23. The number of sulfonamides is 1. The maximum atomic E-state index is 14.0. The third-order valence-corrected chi connectivity index (χ3v) is 7.73. The van der Waals surface area contributed by atoms with Gasteiger partial charge in [-0.05, 0) is 31.0 Å². The maximum absolute atomic E-state index is 14.0. The van der Waals surface area contributed by atoms with Crippen molar-refractivity contribution in [2.24, 2.45) is 7.05 Å². The van der Waals surface area contributed by atoms with E-state index < -0.39 is 27.6 Å². The lowest BCUT2D eigenvalue weighted by atomic mass is 10.1. The molecule has 1 aliphatic rings. The molecule has 1 aliphatic heterocycles. The fourth-order valence-electron chi connectivity index (χ4n) is 3.50. The topological polar surface area (TPSA) is 84.3 Å². The number of benzene rings is 1. The number of amides is 1. The third kappa shape index (κ3) is 4.25. The Morgan fingerprint density at radius 2 is 1.84 bits per heavy atom. The minimum atomic E-state index is -3.68. The summed E-state index contributed by atoms with van der Waals surface area (Å²) in [4.78, 5) is 16.9. The molecule has 4 rings (SSSR count). The molecule has 1 saturated heterocycles. The fraction of sp³-hybridized carbons (Fsp3) is 0.300. The number of aryl methyl sites for hydroxylation is 1. The second-order valence-corrected chi connectivity index (χ2v) is 10.0. The summed E-state index contributed by atoms with van der Waals surface area (Å²) in [5, 5.41) is 4.15. The van der Waals surface area contributed by atoms with E-state index in [1.165, 1.54) is 32.6 Å². The molecule has 31 heavy (non-hydrogen) atoms. The number of hydrogen-bond donors (Lipinski definition) is 1. The van der Waals surface area contributed by atoms with Gasteiger partial charge in [-0.25, -0.2) is 22.2 Å². The van der Waals surface area contributed by atoms with Crippen molar-refractivity contribution in [3.05, 3.63) is 53.2 Å². The predicted molar refractivity (Wildman–Crippen MR) is 113 cm³/mol. The highest BCUT2D eigenvalue weighted by Crippen LogP contribution is 2.29. The summed E-state index contributed by atoms with van der Waals surface area (Å²) in [7, 11) is -2.10. The van der Waals surface area contributed by atoms with Gasteiger partial charge >= 0.3 is 0 Å². The van der Waals surface area contributed by atoms with Crippen LogP contribution in [-0.2, 0) is 17.1 Å². The van der Waals surface area contributed by atoms with Gasteiger partial charge in [0.05, 0.1) is 11.3 Å².